The third-order valence-corrected chi connectivity index (χ3v) is 7.04. The maximum Gasteiger partial charge on any atom is 0.273 e. The molecule has 0 spiro atoms. The van der Waals surface area contributed by atoms with Gasteiger partial charge < -0.3 is 9.63 Å². The highest BCUT2D eigenvalue weighted by molar-refractivity contribution is 7.90. The molecule has 2 aromatic carbocycles. The van der Waals surface area contributed by atoms with E-state index in [-0.39, 0.29) is 35.4 Å². The summed E-state index contributed by atoms with van der Waals surface area (Å²) in [4.78, 5) is 17.1. The van der Waals surface area contributed by atoms with Crippen LogP contribution in [0.5, 0.6) is 0 Å². The number of aliphatic hydroxyl groups is 1. The molecule has 32 heavy (non-hydrogen) atoms. The average Bonchev–Trinajstić information content (AvgIpc) is 3.34. The molecule has 2 atom stereocenters. The molecule has 0 unspecified atom stereocenters. The number of aryl methyl sites for hydroxylation is 1. The Balaban J connectivity index is 1.53. The number of nitro benzene ring substituents is 1. The lowest BCUT2D eigenvalue weighted by Gasteiger charge is -2.21. The van der Waals surface area contributed by atoms with Gasteiger partial charge in [0.2, 0.25) is 5.89 Å². The van der Waals surface area contributed by atoms with E-state index in [0.717, 1.165) is 5.56 Å². The molecular weight excluding hydrogens is 436 g/mol. The number of rotatable bonds is 7. The number of likely N-dealkylation sites (tertiary alicyclic amines) is 1. The maximum absolute atomic E-state index is 12.7. The van der Waals surface area contributed by atoms with Gasteiger partial charge in [-0.2, -0.15) is 4.98 Å². The summed E-state index contributed by atoms with van der Waals surface area (Å²) in [5, 5.41) is 25.3. The van der Waals surface area contributed by atoms with Gasteiger partial charge in [0, 0.05) is 24.7 Å². The minimum atomic E-state index is -3.65. The Morgan fingerprint density at radius 3 is 2.66 bits per heavy atom. The first-order valence-corrected chi connectivity index (χ1v) is 11.6. The van der Waals surface area contributed by atoms with Crippen molar-refractivity contribution in [3.8, 4) is 0 Å². The lowest BCUT2D eigenvalue weighted by atomic mass is 10.1. The third kappa shape index (κ3) is 4.69. The van der Waals surface area contributed by atoms with Crippen LogP contribution < -0.4 is 0 Å². The van der Waals surface area contributed by atoms with Gasteiger partial charge >= 0.3 is 0 Å². The van der Waals surface area contributed by atoms with Crippen LogP contribution in [0.4, 0.5) is 5.69 Å². The van der Waals surface area contributed by atoms with Crippen LogP contribution in [0.25, 0.3) is 0 Å². The van der Waals surface area contributed by atoms with Crippen LogP contribution in [0, 0.1) is 17.0 Å². The molecule has 0 amide bonds. The van der Waals surface area contributed by atoms with E-state index in [9.17, 15) is 23.6 Å². The molecule has 1 N–H and O–H groups in total. The van der Waals surface area contributed by atoms with E-state index in [1.165, 1.54) is 18.2 Å². The van der Waals surface area contributed by atoms with E-state index < -0.39 is 32.7 Å². The van der Waals surface area contributed by atoms with Gasteiger partial charge in [-0.25, -0.2) is 8.42 Å². The number of nitrogens with zero attached hydrogens (tertiary/aromatic N) is 4. The first kappa shape index (κ1) is 22.1. The summed E-state index contributed by atoms with van der Waals surface area (Å²) in [6.07, 6.45) is -0.373. The molecule has 1 saturated heterocycles. The van der Waals surface area contributed by atoms with Gasteiger partial charge in [0.05, 0.1) is 22.0 Å². The molecule has 0 bridgehead atoms. The number of para-hydroxylation sites is 1. The number of hydrogen-bond acceptors (Lipinski definition) is 9. The number of aromatic nitrogens is 2. The van der Waals surface area contributed by atoms with Crippen molar-refractivity contribution in [1.82, 2.24) is 15.0 Å². The maximum atomic E-state index is 12.7. The van der Waals surface area contributed by atoms with Gasteiger partial charge in [0.15, 0.2) is 15.7 Å². The van der Waals surface area contributed by atoms with Gasteiger partial charge in [-0.3, -0.25) is 15.0 Å². The number of aliphatic hydroxyl groups excluding tert-OH is 1. The number of benzene rings is 2. The van der Waals surface area contributed by atoms with Crippen molar-refractivity contribution in [3.05, 3.63) is 81.5 Å². The SMILES string of the molecule is Cc1ccc(S(=O)(=O)Cc2noc([C@@H]3C[C@@H](O)CN3Cc3ccccc3[N+](=O)[O-])n2)cc1. The Kier molecular flexibility index (Phi) is 6.04. The number of β-amino-alcohol motifs (C(OH)–C–C–N with tert-alkyl or cyclic N) is 1. The molecule has 1 aliphatic rings. The van der Waals surface area contributed by atoms with Crippen molar-refractivity contribution >= 4 is 15.5 Å². The van der Waals surface area contributed by atoms with Crippen LogP contribution >= 0.6 is 0 Å². The number of nitro groups is 1. The van der Waals surface area contributed by atoms with Crippen LogP contribution in [0.1, 0.15) is 35.3 Å². The lowest BCUT2D eigenvalue weighted by molar-refractivity contribution is -0.385. The monoisotopic (exact) mass is 458 g/mol. The fourth-order valence-corrected chi connectivity index (χ4v) is 4.99. The molecule has 1 aliphatic heterocycles. The van der Waals surface area contributed by atoms with E-state index >= 15 is 0 Å². The second-order valence-electron chi connectivity index (χ2n) is 7.84. The van der Waals surface area contributed by atoms with Crippen molar-refractivity contribution < 1.29 is 23.0 Å². The molecule has 0 aliphatic carbocycles. The molecule has 3 aromatic rings. The topological polar surface area (TPSA) is 140 Å². The third-order valence-electron chi connectivity index (χ3n) is 5.41. The molecular formula is C21H22N4O6S. The molecule has 10 nitrogen and oxygen atoms in total. The van der Waals surface area contributed by atoms with Crippen LogP contribution in [0.3, 0.4) is 0 Å². The van der Waals surface area contributed by atoms with Crippen LogP contribution in [0.2, 0.25) is 0 Å². The van der Waals surface area contributed by atoms with E-state index in [2.05, 4.69) is 10.1 Å². The van der Waals surface area contributed by atoms with Crippen LogP contribution in [-0.4, -0.2) is 46.1 Å². The molecule has 0 saturated carbocycles. The molecule has 11 heteroatoms. The highest BCUT2D eigenvalue weighted by Crippen LogP contribution is 2.34. The molecule has 2 heterocycles. The summed E-state index contributed by atoms with van der Waals surface area (Å²) in [6.45, 7) is 2.35. The normalized spacial score (nSPS) is 19.3. The molecule has 0 radical (unpaired) electrons. The number of sulfone groups is 1. The van der Waals surface area contributed by atoms with Gasteiger partial charge in [-0.05, 0) is 25.5 Å². The highest BCUT2D eigenvalue weighted by Gasteiger charge is 2.37. The van der Waals surface area contributed by atoms with Gasteiger partial charge in [-0.1, -0.05) is 41.1 Å². The largest absolute Gasteiger partial charge is 0.392 e. The predicted molar refractivity (Wildman–Crippen MR) is 113 cm³/mol. The van der Waals surface area contributed by atoms with Gasteiger partial charge in [0.25, 0.3) is 5.69 Å². The van der Waals surface area contributed by atoms with Crippen molar-refractivity contribution in [1.29, 1.82) is 0 Å². The quantitative estimate of drug-likeness (QED) is 0.418. The summed E-state index contributed by atoms with van der Waals surface area (Å²) in [5.41, 5.74) is 1.44. The Labute approximate surface area is 184 Å². The first-order valence-electron chi connectivity index (χ1n) is 9.99. The minimum Gasteiger partial charge on any atom is -0.392 e. The summed E-state index contributed by atoms with van der Waals surface area (Å²) < 4.78 is 30.7. The fraction of sp³-hybridized carbons (Fsp3) is 0.333. The predicted octanol–water partition coefficient (Wildman–Crippen LogP) is 2.57. The van der Waals surface area contributed by atoms with E-state index in [1.807, 2.05) is 11.8 Å². The smallest absolute Gasteiger partial charge is 0.273 e. The Bertz CT molecular complexity index is 1230. The van der Waals surface area contributed by atoms with E-state index in [4.69, 9.17) is 4.52 Å². The lowest BCUT2D eigenvalue weighted by Crippen LogP contribution is -2.25. The average molecular weight is 458 g/mol. The summed E-state index contributed by atoms with van der Waals surface area (Å²) in [6, 6.07) is 12.4. The Morgan fingerprint density at radius 2 is 1.94 bits per heavy atom. The molecule has 168 valence electrons. The zero-order chi connectivity index (χ0) is 22.9. The molecule has 4 rings (SSSR count). The zero-order valence-corrected chi connectivity index (χ0v) is 18.1. The van der Waals surface area contributed by atoms with Crippen molar-refractivity contribution in [3.63, 3.8) is 0 Å². The van der Waals surface area contributed by atoms with E-state index in [0.29, 0.717) is 12.0 Å². The Morgan fingerprint density at radius 1 is 1.22 bits per heavy atom. The zero-order valence-electron chi connectivity index (χ0n) is 17.3. The molecule has 1 aromatic heterocycles. The number of hydrogen-bond donors (Lipinski definition) is 1. The van der Waals surface area contributed by atoms with Crippen molar-refractivity contribution in [2.75, 3.05) is 6.54 Å². The standard InChI is InChI=1S/C21H22N4O6S/c1-14-6-8-17(9-7-14)32(29,30)13-20-22-21(31-23-20)19-10-16(26)12-24(19)11-15-4-2-3-5-18(15)25(27)28/h2-9,16,19,26H,10-13H2,1H3/t16-,19+/m1/s1. The fourth-order valence-electron chi connectivity index (χ4n) is 3.81. The van der Waals surface area contributed by atoms with Crippen LogP contribution in [0.15, 0.2) is 57.9 Å². The molecule has 1 fully saturated rings. The summed E-state index contributed by atoms with van der Waals surface area (Å²) in [5.74, 6) is -0.222. The summed E-state index contributed by atoms with van der Waals surface area (Å²) >= 11 is 0. The van der Waals surface area contributed by atoms with Gasteiger partial charge in [0.1, 0.15) is 5.75 Å². The first-order chi connectivity index (χ1) is 15.2. The highest BCUT2D eigenvalue weighted by atomic mass is 32.2. The van der Waals surface area contributed by atoms with Crippen molar-refractivity contribution in [2.24, 2.45) is 0 Å². The second-order valence-corrected chi connectivity index (χ2v) is 9.83. The van der Waals surface area contributed by atoms with E-state index in [1.54, 1.807) is 30.3 Å². The van der Waals surface area contributed by atoms with Crippen molar-refractivity contribution in [2.45, 2.75) is 42.7 Å². The summed E-state index contributed by atoms with van der Waals surface area (Å²) in [7, 11) is -3.65. The minimum absolute atomic E-state index is 0.0111. The van der Waals surface area contributed by atoms with Gasteiger partial charge in [-0.15, -0.1) is 0 Å². The Hall–Kier alpha value is -3.15. The second kappa shape index (κ2) is 8.77. The van der Waals surface area contributed by atoms with Crippen LogP contribution in [-0.2, 0) is 22.1 Å².